The summed E-state index contributed by atoms with van der Waals surface area (Å²) in [5.41, 5.74) is 1.47. The minimum Gasteiger partial charge on any atom is -0.494 e. The average molecular weight is 1270 g/mol. The van der Waals surface area contributed by atoms with E-state index in [0.717, 1.165) is 130 Å². The summed E-state index contributed by atoms with van der Waals surface area (Å²) in [7, 11) is 0. The van der Waals surface area contributed by atoms with Gasteiger partial charge in [0.05, 0.1) is 67.9 Å². The molecule has 1 N–H and O–H groups in total. The van der Waals surface area contributed by atoms with Crippen molar-refractivity contribution in [3.8, 4) is 34.5 Å². The van der Waals surface area contributed by atoms with Crippen LogP contribution in [0.1, 0.15) is 173 Å². The Hall–Kier alpha value is -7.32. The molecule has 19 heteroatoms. The number of ether oxygens (including phenoxy) is 6. The van der Waals surface area contributed by atoms with Crippen molar-refractivity contribution in [1.82, 2.24) is 4.98 Å². The maximum absolute atomic E-state index is 13.8. The van der Waals surface area contributed by atoms with Gasteiger partial charge >= 0.3 is 23.9 Å². The number of carbonyl (C=O) groups is 4. The van der Waals surface area contributed by atoms with E-state index in [1.165, 1.54) is 44.3 Å². The van der Waals surface area contributed by atoms with Crippen LogP contribution in [0.4, 0.5) is 5.13 Å². The number of thiazole rings is 1. The number of aliphatic hydroxyl groups excluding tert-OH is 1. The van der Waals surface area contributed by atoms with Crippen molar-refractivity contribution in [2.24, 2.45) is 28.8 Å². The van der Waals surface area contributed by atoms with Crippen LogP contribution in [0.15, 0.2) is 121 Å². The number of carbonyl (C=O) groups excluding carboxylic acids is 4. The number of esters is 4. The predicted molar refractivity (Wildman–Crippen MR) is 353 cm³/mol. The summed E-state index contributed by atoms with van der Waals surface area (Å²) in [5, 5.41) is 16.9. The Labute approximate surface area is 541 Å². The molecule has 2 saturated carbocycles. The van der Waals surface area contributed by atoms with Crippen molar-refractivity contribution in [3.63, 3.8) is 0 Å². The third-order valence-corrected chi connectivity index (χ3v) is 17.4. The molecule has 0 radical (unpaired) electrons. The fourth-order valence-electron chi connectivity index (χ4n) is 10.9. The number of hydrogen-bond acceptors (Lipinski definition) is 19. The number of hydrazone groups is 1. The zero-order chi connectivity index (χ0) is 63.9. The van der Waals surface area contributed by atoms with E-state index in [-0.39, 0.29) is 42.2 Å². The Morgan fingerprint density at radius 1 is 0.527 bits per heavy atom. The normalized spacial score (nSPS) is 16.4. The number of rotatable bonds is 45. The molecule has 18 nitrogen and oxygen atoms in total. The van der Waals surface area contributed by atoms with E-state index in [1.54, 1.807) is 47.9 Å². The lowest BCUT2D eigenvalue weighted by Crippen LogP contribution is -2.27. The molecule has 4 aromatic carbocycles. The van der Waals surface area contributed by atoms with E-state index in [9.17, 15) is 19.2 Å². The van der Waals surface area contributed by atoms with Gasteiger partial charge in [-0.3, -0.25) is 9.59 Å². The van der Waals surface area contributed by atoms with Crippen LogP contribution in [0.25, 0.3) is 10.2 Å². The number of para-hydroxylation sites is 1. The third-order valence-electron chi connectivity index (χ3n) is 16.4. The molecule has 91 heavy (non-hydrogen) atoms. The van der Waals surface area contributed by atoms with Crippen molar-refractivity contribution in [2.45, 2.75) is 167 Å². The molecule has 494 valence electrons. The first kappa shape index (κ1) is 71.1. The first-order valence-electron chi connectivity index (χ1n) is 33.1. The molecule has 5 aromatic rings. The maximum Gasteiger partial charge on any atom is 0.330 e. The molecule has 0 aliphatic heterocycles. The van der Waals surface area contributed by atoms with Crippen LogP contribution in [-0.2, 0) is 38.4 Å². The van der Waals surface area contributed by atoms with Gasteiger partial charge in [0, 0.05) is 30.9 Å². The SMILES string of the molecule is C=CC(=O)OCCCCCCOc1ccc(OOCC2CCC(C(=O)Oc3ccc(OOCC4CCC(C(=O)Oc5ccc(OCCCCCCOC(=O)C=C)cc5)CC4)c(/C=N/N(CCCCCCCCCCCCO)c4nc5ccccc5s4)c3)CC2)cc1. The lowest BCUT2D eigenvalue weighted by atomic mass is 9.82. The second-order valence-electron chi connectivity index (χ2n) is 23.5. The molecular weight excluding hydrogens is 1180 g/mol. The molecule has 0 bridgehead atoms. The first-order chi connectivity index (χ1) is 44.7. The van der Waals surface area contributed by atoms with Crippen molar-refractivity contribution in [2.75, 3.05) is 57.8 Å². The molecule has 0 unspecified atom stereocenters. The van der Waals surface area contributed by atoms with Crippen LogP contribution in [0, 0.1) is 23.7 Å². The Morgan fingerprint density at radius 3 is 1.53 bits per heavy atom. The highest BCUT2D eigenvalue weighted by atomic mass is 32.1. The van der Waals surface area contributed by atoms with Gasteiger partial charge in [-0.15, -0.1) is 0 Å². The number of aromatic nitrogens is 1. The van der Waals surface area contributed by atoms with Gasteiger partial charge in [0.2, 0.25) is 5.13 Å². The Kier molecular flexibility index (Phi) is 32.8. The Balaban J connectivity index is 0.884. The molecule has 1 aromatic heterocycles. The van der Waals surface area contributed by atoms with Gasteiger partial charge in [-0.2, -0.15) is 14.9 Å². The van der Waals surface area contributed by atoms with Crippen LogP contribution in [-0.4, -0.2) is 93.0 Å². The summed E-state index contributed by atoms with van der Waals surface area (Å²) in [4.78, 5) is 77.8. The van der Waals surface area contributed by atoms with Crippen molar-refractivity contribution in [3.05, 3.63) is 122 Å². The number of anilines is 1. The minimum absolute atomic E-state index is 0.161. The zero-order valence-electron chi connectivity index (χ0n) is 53.1. The smallest absolute Gasteiger partial charge is 0.330 e. The molecule has 2 fully saturated rings. The standard InChI is InChI=1S/C72H95N3O15S/c1-3-68(77)83-49-23-15-13-21-47-81-60-35-39-62(40-36-60)87-70(79)57-31-29-56(30-32-57)54-86-90-66-44-43-64(51-59(66)52-73-75(72-74-65-25-17-18-26-67(65)91-72)45-19-11-9-7-5-6-8-10-12-20-46-76)88-71(80)58-33-27-55(28-34-58)53-85-89-63-41-37-61(38-42-63)82-48-22-14-16-24-50-84-69(78)4-2/h3-4,17-18,25-26,35-44,51-52,55-58,76H,1-2,5-16,19-24,27-34,45-50,53-54H2/b73-52+. The molecule has 2 aliphatic carbocycles. The number of aliphatic hydroxyl groups is 1. The van der Waals surface area contributed by atoms with E-state index in [2.05, 4.69) is 19.2 Å². The monoisotopic (exact) mass is 1270 g/mol. The van der Waals surface area contributed by atoms with Crippen LogP contribution in [0.2, 0.25) is 0 Å². The number of benzene rings is 4. The number of fused-ring (bicyclic) bond motifs is 1. The van der Waals surface area contributed by atoms with Gasteiger partial charge < -0.3 is 43.3 Å². The van der Waals surface area contributed by atoms with Crippen LogP contribution in [0.5, 0.6) is 34.5 Å². The van der Waals surface area contributed by atoms with Crippen molar-refractivity contribution < 1.29 is 72.3 Å². The molecule has 0 amide bonds. The van der Waals surface area contributed by atoms with Gasteiger partial charge in [-0.1, -0.05) is 88.0 Å². The van der Waals surface area contributed by atoms with E-state index >= 15 is 0 Å². The molecule has 1 heterocycles. The summed E-state index contributed by atoms with van der Waals surface area (Å²) >= 11 is 1.59. The van der Waals surface area contributed by atoms with Gasteiger partial charge in [0.1, 0.15) is 23.0 Å². The third kappa shape index (κ3) is 27.2. The average Bonchev–Trinajstić information content (AvgIpc) is 2.36. The van der Waals surface area contributed by atoms with Crippen LogP contribution in [0.3, 0.4) is 0 Å². The zero-order valence-corrected chi connectivity index (χ0v) is 53.9. The molecule has 0 atom stereocenters. The largest absolute Gasteiger partial charge is 0.494 e. The Bertz CT molecular complexity index is 2920. The van der Waals surface area contributed by atoms with Crippen molar-refractivity contribution in [1.29, 1.82) is 0 Å². The topological polar surface area (TPSA) is 209 Å². The van der Waals surface area contributed by atoms with E-state index in [1.807, 2.05) is 59.6 Å². The highest BCUT2D eigenvalue weighted by molar-refractivity contribution is 7.22. The number of unbranched alkanes of at least 4 members (excludes halogenated alkanes) is 15. The molecule has 2 aliphatic rings. The first-order valence-corrected chi connectivity index (χ1v) is 34.0. The minimum atomic E-state index is -0.401. The van der Waals surface area contributed by atoms with Crippen LogP contribution < -0.4 is 33.7 Å². The number of nitrogens with zero attached hydrogens (tertiary/aromatic N) is 3. The van der Waals surface area contributed by atoms with E-state index in [0.29, 0.717) is 106 Å². The second kappa shape index (κ2) is 41.9. The molecular formula is C72H95N3O15S. The summed E-state index contributed by atoms with van der Waals surface area (Å²) in [6, 6.07) is 27.8. The van der Waals surface area contributed by atoms with Gasteiger partial charge in [0.25, 0.3) is 0 Å². The molecule has 7 rings (SSSR count). The Morgan fingerprint density at radius 2 is 0.989 bits per heavy atom. The quantitative estimate of drug-likeness (QED) is 0.00731. The van der Waals surface area contributed by atoms with E-state index in [4.69, 9.17) is 63.2 Å². The lowest BCUT2D eigenvalue weighted by molar-refractivity contribution is -0.218. The summed E-state index contributed by atoms with van der Waals surface area (Å²) in [6.45, 7) is 10.4. The fraction of sp³-hybridized carbons (Fsp3) is 0.528. The summed E-state index contributed by atoms with van der Waals surface area (Å²) < 4.78 is 34.8. The highest BCUT2D eigenvalue weighted by Crippen LogP contribution is 2.35. The molecule has 0 spiro atoms. The number of hydrogen-bond donors (Lipinski definition) is 1. The maximum atomic E-state index is 13.8. The van der Waals surface area contributed by atoms with Gasteiger partial charge in [0.15, 0.2) is 11.5 Å². The van der Waals surface area contributed by atoms with Gasteiger partial charge in [-0.25, -0.2) is 19.6 Å². The van der Waals surface area contributed by atoms with Gasteiger partial charge in [-0.05, 0) is 206 Å². The summed E-state index contributed by atoms with van der Waals surface area (Å²) in [6.07, 6.45) is 28.1. The van der Waals surface area contributed by atoms with E-state index < -0.39 is 11.9 Å². The molecule has 0 saturated heterocycles. The van der Waals surface area contributed by atoms with Crippen molar-refractivity contribution >= 4 is 56.8 Å². The van der Waals surface area contributed by atoms with Crippen LogP contribution >= 0.6 is 11.3 Å². The highest BCUT2D eigenvalue weighted by Gasteiger charge is 2.30. The summed E-state index contributed by atoms with van der Waals surface area (Å²) in [5.74, 6) is 1.82. The fourth-order valence-corrected chi connectivity index (χ4v) is 11.9. The lowest BCUT2D eigenvalue weighted by Gasteiger charge is -2.27. The second-order valence-corrected chi connectivity index (χ2v) is 24.5. The predicted octanol–water partition coefficient (Wildman–Crippen LogP) is 15.8.